The number of halogens is 3. The summed E-state index contributed by atoms with van der Waals surface area (Å²) in [5, 5.41) is 2.43. The molecule has 0 radical (unpaired) electrons. The molecule has 0 spiro atoms. The van der Waals surface area contributed by atoms with Crippen LogP contribution >= 0.6 is 0 Å². The number of H-pyrrole nitrogens is 1. The third kappa shape index (κ3) is 3.73. The number of carbonyl (C=O) groups excluding carboxylic acids is 2. The van der Waals surface area contributed by atoms with Gasteiger partial charge in [-0.05, 0) is 25.1 Å². The van der Waals surface area contributed by atoms with E-state index >= 15 is 0 Å². The van der Waals surface area contributed by atoms with Crippen molar-refractivity contribution in [2.45, 2.75) is 13.0 Å². The van der Waals surface area contributed by atoms with Crippen LogP contribution in [-0.2, 0) is 9.53 Å². The zero-order valence-corrected chi connectivity index (χ0v) is 14.4. The molecule has 0 aliphatic heterocycles. The Morgan fingerprint density at radius 1 is 1.07 bits per heavy atom. The Morgan fingerprint density at radius 2 is 1.79 bits per heavy atom. The zero-order chi connectivity index (χ0) is 20.4. The highest BCUT2D eigenvalue weighted by atomic mass is 19.2. The van der Waals surface area contributed by atoms with Gasteiger partial charge in [0.15, 0.2) is 23.6 Å². The van der Waals surface area contributed by atoms with Gasteiger partial charge in [0.25, 0.3) is 5.91 Å². The molecule has 0 saturated heterocycles. The van der Waals surface area contributed by atoms with Gasteiger partial charge in [0.1, 0.15) is 0 Å². The van der Waals surface area contributed by atoms with Crippen molar-refractivity contribution in [1.29, 1.82) is 0 Å². The lowest BCUT2D eigenvalue weighted by Crippen LogP contribution is -2.30. The summed E-state index contributed by atoms with van der Waals surface area (Å²) < 4.78 is 44.9. The second-order valence-electron chi connectivity index (χ2n) is 5.85. The minimum absolute atomic E-state index is 0.0574. The highest BCUT2D eigenvalue weighted by molar-refractivity contribution is 6.04. The van der Waals surface area contributed by atoms with Crippen LogP contribution < -0.4 is 10.9 Å². The van der Waals surface area contributed by atoms with Gasteiger partial charge in [-0.15, -0.1) is 0 Å². The van der Waals surface area contributed by atoms with Crippen molar-refractivity contribution in [2.75, 3.05) is 5.32 Å². The molecule has 0 saturated carbocycles. The first kappa shape index (κ1) is 19.2. The maximum atomic E-state index is 13.7. The number of aromatic nitrogens is 1. The van der Waals surface area contributed by atoms with Crippen LogP contribution in [0.5, 0.6) is 0 Å². The average molecular weight is 390 g/mol. The molecule has 0 fully saturated rings. The molecule has 9 heteroatoms. The van der Waals surface area contributed by atoms with E-state index in [-0.39, 0.29) is 5.56 Å². The van der Waals surface area contributed by atoms with Gasteiger partial charge in [-0.2, -0.15) is 0 Å². The van der Waals surface area contributed by atoms with Crippen molar-refractivity contribution in [3.05, 3.63) is 75.8 Å². The van der Waals surface area contributed by atoms with E-state index in [4.69, 9.17) is 4.74 Å². The Balaban J connectivity index is 1.79. The summed E-state index contributed by atoms with van der Waals surface area (Å²) in [6, 6.07) is 9.01. The number of rotatable bonds is 4. The summed E-state index contributed by atoms with van der Waals surface area (Å²) in [5.41, 5.74) is -0.791. The highest BCUT2D eigenvalue weighted by Gasteiger charge is 2.23. The van der Waals surface area contributed by atoms with Gasteiger partial charge < -0.3 is 15.0 Å². The number of fused-ring (bicyclic) bond motifs is 1. The molecule has 1 amide bonds. The summed E-state index contributed by atoms with van der Waals surface area (Å²) in [7, 11) is 0. The number of carbonyl (C=O) groups is 2. The fourth-order valence-corrected chi connectivity index (χ4v) is 2.51. The molecule has 1 aromatic heterocycles. The standard InChI is InChI=1S/C19H13F3N2O4/c1-9(18(26)24-14-7-6-12(20)16(21)17(14)22)28-19(27)11-8-15(25)23-13-5-3-2-4-10(11)13/h2-9H,1H3,(H,23,25)(H,24,26)/t9-/m0/s1. The lowest BCUT2D eigenvalue weighted by molar-refractivity contribution is -0.123. The monoisotopic (exact) mass is 390 g/mol. The predicted octanol–water partition coefficient (Wildman–Crippen LogP) is 3.13. The fourth-order valence-electron chi connectivity index (χ4n) is 2.51. The van der Waals surface area contributed by atoms with Crippen molar-refractivity contribution < 1.29 is 27.5 Å². The van der Waals surface area contributed by atoms with Crippen LogP contribution in [0.25, 0.3) is 10.9 Å². The van der Waals surface area contributed by atoms with Crippen LogP contribution in [0.4, 0.5) is 18.9 Å². The second-order valence-corrected chi connectivity index (χ2v) is 5.85. The topological polar surface area (TPSA) is 88.3 Å². The third-order valence-electron chi connectivity index (χ3n) is 3.92. The summed E-state index contributed by atoms with van der Waals surface area (Å²) in [6.07, 6.45) is -1.40. The van der Waals surface area contributed by atoms with Gasteiger partial charge in [0.05, 0.1) is 11.3 Å². The average Bonchev–Trinajstić information content (AvgIpc) is 2.67. The first-order valence-electron chi connectivity index (χ1n) is 8.05. The molecular weight excluding hydrogens is 377 g/mol. The lowest BCUT2D eigenvalue weighted by Gasteiger charge is -2.15. The van der Waals surface area contributed by atoms with Crippen LogP contribution in [-0.4, -0.2) is 23.0 Å². The van der Waals surface area contributed by atoms with E-state index < -0.39 is 46.7 Å². The lowest BCUT2D eigenvalue weighted by atomic mass is 10.1. The van der Waals surface area contributed by atoms with E-state index in [1.165, 1.54) is 6.92 Å². The number of para-hydroxylation sites is 1. The number of benzene rings is 2. The van der Waals surface area contributed by atoms with E-state index in [0.717, 1.165) is 12.1 Å². The normalized spacial score (nSPS) is 11.9. The van der Waals surface area contributed by atoms with Gasteiger partial charge in [0, 0.05) is 17.0 Å². The Bertz CT molecular complexity index is 1140. The molecule has 2 aromatic carbocycles. The van der Waals surface area contributed by atoms with Gasteiger partial charge in [-0.3, -0.25) is 9.59 Å². The summed E-state index contributed by atoms with van der Waals surface area (Å²) in [5.74, 6) is -6.64. The molecule has 144 valence electrons. The van der Waals surface area contributed by atoms with Crippen LogP contribution in [0.3, 0.4) is 0 Å². The van der Waals surface area contributed by atoms with E-state index in [1.807, 2.05) is 5.32 Å². The fraction of sp³-hybridized carbons (Fsp3) is 0.105. The van der Waals surface area contributed by atoms with E-state index in [0.29, 0.717) is 17.0 Å². The molecule has 28 heavy (non-hydrogen) atoms. The van der Waals surface area contributed by atoms with Crippen molar-refractivity contribution >= 4 is 28.5 Å². The van der Waals surface area contributed by atoms with Crippen molar-refractivity contribution in [1.82, 2.24) is 4.98 Å². The quantitative estimate of drug-likeness (QED) is 0.529. The molecule has 1 heterocycles. The Labute approximate surface area is 155 Å². The first-order valence-corrected chi connectivity index (χ1v) is 8.05. The largest absolute Gasteiger partial charge is 0.449 e. The number of anilines is 1. The molecule has 0 aliphatic rings. The number of amides is 1. The molecule has 3 aromatic rings. The molecule has 0 aliphatic carbocycles. The van der Waals surface area contributed by atoms with Crippen molar-refractivity contribution in [3.63, 3.8) is 0 Å². The first-order chi connectivity index (χ1) is 13.3. The zero-order valence-electron chi connectivity index (χ0n) is 14.4. The molecular formula is C19H13F3N2O4. The van der Waals surface area contributed by atoms with Crippen molar-refractivity contribution in [3.8, 4) is 0 Å². The Hall–Kier alpha value is -3.62. The number of hydrogen-bond acceptors (Lipinski definition) is 4. The molecule has 6 nitrogen and oxygen atoms in total. The molecule has 2 N–H and O–H groups in total. The number of pyridine rings is 1. The molecule has 1 atom stereocenters. The smallest absolute Gasteiger partial charge is 0.339 e. The maximum absolute atomic E-state index is 13.7. The van der Waals surface area contributed by atoms with E-state index in [9.17, 15) is 27.6 Å². The van der Waals surface area contributed by atoms with Crippen molar-refractivity contribution in [2.24, 2.45) is 0 Å². The Morgan fingerprint density at radius 3 is 2.54 bits per heavy atom. The number of esters is 1. The minimum atomic E-state index is -1.74. The van der Waals surface area contributed by atoms with Gasteiger partial charge in [-0.25, -0.2) is 18.0 Å². The number of ether oxygens (including phenoxy) is 1. The minimum Gasteiger partial charge on any atom is -0.449 e. The molecule has 0 bridgehead atoms. The highest BCUT2D eigenvalue weighted by Crippen LogP contribution is 2.20. The molecule has 0 unspecified atom stereocenters. The third-order valence-corrected chi connectivity index (χ3v) is 3.92. The van der Waals surface area contributed by atoms with Gasteiger partial charge in [-0.1, -0.05) is 18.2 Å². The second kappa shape index (κ2) is 7.55. The van der Waals surface area contributed by atoms with E-state index in [2.05, 4.69) is 4.98 Å². The SMILES string of the molecule is C[C@H](OC(=O)c1cc(=O)[nH]c2ccccc12)C(=O)Nc1ccc(F)c(F)c1F. The Kier molecular flexibility index (Phi) is 5.16. The summed E-state index contributed by atoms with van der Waals surface area (Å²) >= 11 is 0. The van der Waals surface area contributed by atoms with E-state index in [1.54, 1.807) is 24.3 Å². The molecule has 3 rings (SSSR count). The van der Waals surface area contributed by atoms with Crippen LogP contribution in [0.15, 0.2) is 47.3 Å². The van der Waals surface area contributed by atoms with Crippen LogP contribution in [0.1, 0.15) is 17.3 Å². The summed E-state index contributed by atoms with van der Waals surface area (Å²) in [4.78, 5) is 38.8. The van der Waals surface area contributed by atoms with Gasteiger partial charge >= 0.3 is 5.97 Å². The maximum Gasteiger partial charge on any atom is 0.339 e. The van der Waals surface area contributed by atoms with Gasteiger partial charge in [0.2, 0.25) is 5.56 Å². The van der Waals surface area contributed by atoms with Crippen LogP contribution in [0, 0.1) is 17.5 Å². The number of aromatic amines is 1. The number of nitrogens with one attached hydrogen (secondary N) is 2. The summed E-state index contributed by atoms with van der Waals surface area (Å²) in [6.45, 7) is 1.21. The predicted molar refractivity (Wildman–Crippen MR) is 94.4 cm³/mol. The van der Waals surface area contributed by atoms with Crippen LogP contribution in [0.2, 0.25) is 0 Å². The number of hydrogen-bond donors (Lipinski definition) is 2.